The number of ether oxygens (including phenoxy) is 1. The van der Waals surface area contributed by atoms with Gasteiger partial charge in [-0.25, -0.2) is 4.98 Å². The van der Waals surface area contributed by atoms with Gasteiger partial charge < -0.3 is 10.1 Å². The largest absolute Gasteiger partial charge is 0.469 e. The third kappa shape index (κ3) is 4.51. The number of hydrogen-bond donors (Lipinski definition) is 1. The van der Waals surface area contributed by atoms with Crippen molar-refractivity contribution in [3.05, 3.63) is 16.1 Å². The molecule has 122 valence electrons. The smallest absolute Gasteiger partial charge is 0.307 e. The Balaban J connectivity index is 2.00. The molecule has 2 rings (SSSR count). The number of aromatic nitrogens is 1. The number of carbonyl (C=O) groups is 2. The highest BCUT2D eigenvalue weighted by Crippen LogP contribution is 2.18. The number of piperazine rings is 1. The summed E-state index contributed by atoms with van der Waals surface area (Å²) in [6.45, 7) is 4.08. The van der Waals surface area contributed by atoms with E-state index in [0.717, 1.165) is 36.5 Å². The molecule has 1 aromatic heterocycles. The van der Waals surface area contributed by atoms with E-state index in [-0.39, 0.29) is 18.3 Å². The Labute approximate surface area is 134 Å². The molecule has 7 heteroatoms. The van der Waals surface area contributed by atoms with E-state index in [1.54, 1.807) is 11.3 Å². The summed E-state index contributed by atoms with van der Waals surface area (Å²) < 4.78 is 4.69. The van der Waals surface area contributed by atoms with Crippen LogP contribution >= 0.6 is 11.3 Å². The minimum Gasteiger partial charge on any atom is -0.469 e. The van der Waals surface area contributed by atoms with E-state index in [2.05, 4.69) is 22.0 Å². The summed E-state index contributed by atoms with van der Waals surface area (Å²) >= 11 is 1.67. The van der Waals surface area contributed by atoms with Crippen LogP contribution in [0.2, 0.25) is 0 Å². The number of aryl methyl sites for hydroxylation is 1. The van der Waals surface area contributed by atoms with Gasteiger partial charge in [-0.3, -0.25) is 14.5 Å². The van der Waals surface area contributed by atoms with Crippen LogP contribution in [-0.4, -0.2) is 48.0 Å². The van der Waals surface area contributed by atoms with Gasteiger partial charge in [-0.2, -0.15) is 0 Å². The van der Waals surface area contributed by atoms with Crippen molar-refractivity contribution in [3.63, 3.8) is 0 Å². The average Bonchev–Trinajstić information content (AvgIpc) is 2.96. The van der Waals surface area contributed by atoms with E-state index in [1.807, 2.05) is 10.3 Å². The molecule has 22 heavy (non-hydrogen) atoms. The Morgan fingerprint density at radius 2 is 2.41 bits per heavy atom. The standard InChI is InChI=1S/C15H23N3O3S/c1-3-4-5-13-17-11(10-22-13)9-18-7-6-16-15(20)12(18)8-14(19)21-2/h10,12H,3-9H2,1-2H3,(H,16,20)/t12-/m1/s1. The lowest BCUT2D eigenvalue weighted by Crippen LogP contribution is -2.55. The third-order valence-corrected chi connectivity index (χ3v) is 4.70. The van der Waals surface area contributed by atoms with Gasteiger partial charge in [0.05, 0.1) is 24.2 Å². The maximum absolute atomic E-state index is 12.0. The van der Waals surface area contributed by atoms with Crippen LogP contribution in [0.3, 0.4) is 0 Å². The molecule has 0 aliphatic carbocycles. The zero-order chi connectivity index (χ0) is 15.9. The summed E-state index contributed by atoms with van der Waals surface area (Å²) in [4.78, 5) is 30.2. The Morgan fingerprint density at radius 3 is 3.14 bits per heavy atom. The first-order valence-electron chi connectivity index (χ1n) is 7.66. The highest BCUT2D eigenvalue weighted by molar-refractivity contribution is 7.09. The lowest BCUT2D eigenvalue weighted by Gasteiger charge is -2.33. The highest BCUT2D eigenvalue weighted by atomic mass is 32.1. The quantitative estimate of drug-likeness (QED) is 0.766. The van der Waals surface area contributed by atoms with Crippen molar-refractivity contribution in [2.75, 3.05) is 20.2 Å². The number of rotatable bonds is 7. The monoisotopic (exact) mass is 325 g/mol. The predicted molar refractivity (Wildman–Crippen MR) is 84.6 cm³/mol. The van der Waals surface area contributed by atoms with Gasteiger partial charge in [0, 0.05) is 25.0 Å². The molecule has 1 aliphatic rings. The Bertz CT molecular complexity index is 518. The summed E-state index contributed by atoms with van der Waals surface area (Å²) in [7, 11) is 1.34. The first kappa shape index (κ1) is 16.9. The SMILES string of the molecule is CCCCc1nc(CN2CCNC(=O)[C@H]2CC(=O)OC)cs1. The normalized spacial score (nSPS) is 19.0. The van der Waals surface area contributed by atoms with Gasteiger partial charge in [0.15, 0.2) is 0 Å². The summed E-state index contributed by atoms with van der Waals surface area (Å²) in [6, 6.07) is -0.470. The number of nitrogens with zero attached hydrogens (tertiary/aromatic N) is 2. The molecule has 2 heterocycles. The number of methoxy groups -OCH3 is 1. The number of amides is 1. The molecule has 0 spiro atoms. The van der Waals surface area contributed by atoms with E-state index < -0.39 is 6.04 Å². The first-order chi connectivity index (χ1) is 10.6. The van der Waals surface area contributed by atoms with Crippen molar-refractivity contribution in [3.8, 4) is 0 Å². The molecule has 6 nitrogen and oxygen atoms in total. The van der Waals surface area contributed by atoms with Crippen LogP contribution in [0.1, 0.15) is 36.9 Å². The molecule has 0 bridgehead atoms. The molecule has 1 fully saturated rings. The topological polar surface area (TPSA) is 71.5 Å². The van der Waals surface area contributed by atoms with Crippen LogP contribution in [0.4, 0.5) is 0 Å². The fourth-order valence-electron chi connectivity index (χ4n) is 2.49. The van der Waals surface area contributed by atoms with Gasteiger partial charge >= 0.3 is 5.97 Å². The molecular weight excluding hydrogens is 302 g/mol. The van der Waals surface area contributed by atoms with Gasteiger partial charge in [0.2, 0.25) is 5.91 Å². The molecule has 1 saturated heterocycles. The third-order valence-electron chi connectivity index (χ3n) is 3.74. The van der Waals surface area contributed by atoms with Gasteiger partial charge in [-0.05, 0) is 12.8 Å². The molecule has 1 amide bonds. The Kier molecular flexibility index (Phi) is 6.33. The Hall–Kier alpha value is -1.47. The molecule has 0 aromatic carbocycles. The molecule has 0 saturated carbocycles. The average molecular weight is 325 g/mol. The molecular formula is C15H23N3O3S. The van der Waals surface area contributed by atoms with Crippen LogP contribution < -0.4 is 5.32 Å². The summed E-state index contributed by atoms with van der Waals surface area (Å²) in [6.07, 6.45) is 3.38. The van der Waals surface area contributed by atoms with Gasteiger partial charge in [-0.1, -0.05) is 13.3 Å². The van der Waals surface area contributed by atoms with Crippen molar-refractivity contribution in [2.24, 2.45) is 0 Å². The molecule has 1 N–H and O–H groups in total. The van der Waals surface area contributed by atoms with Crippen LogP contribution in [0, 0.1) is 0 Å². The van der Waals surface area contributed by atoms with Crippen molar-refractivity contribution >= 4 is 23.2 Å². The van der Waals surface area contributed by atoms with Crippen LogP contribution in [0.25, 0.3) is 0 Å². The minimum atomic E-state index is -0.470. The summed E-state index contributed by atoms with van der Waals surface area (Å²) in [5, 5.41) is 5.99. The summed E-state index contributed by atoms with van der Waals surface area (Å²) in [5.41, 5.74) is 0.973. The fraction of sp³-hybridized carbons (Fsp3) is 0.667. The van der Waals surface area contributed by atoms with Crippen molar-refractivity contribution in [1.29, 1.82) is 0 Å². The minimum absolute atomic E-state index is 0.0785. The van der Waals surface area contributed by atoms with Crippen molar-refractivity contribution in [1.82, 2.24) is 15.2 Å². The Morgan fingerprint density at radius 1 is 1.59 bits per heavy atom. The van der Waals surface area contributed by atoms with Crippen molar-refractivity contribution in [2.45, 2.75) is 45.2 Å². The number of unbranched alkanes of at least 4 members (excludes halogenated alkanes) is 1. The molecule has 0 radical (unpaired) electrons. The number of thiazole rings is 1. The maximum atomic E-state index is 12.0. The van der Waals surface area contributed by atoms with E-state index >= 15 is 0 Å². The van der Waals surface area contributed by atoms with Crippen LogP contribution in [-0.2, 0) is 27.3 Å². The van der Waals surface area contributed by atoms with E-state index in [0.29, 0.717) is 13.1 Å². The first-order valence-corrected chi connectivity index (χ1v) is 8.53. The zero-order valence-electron chi connectivity index (χ0n) is 13.1. The number of hydrogen-bond acceptors (Lipinski definition) is 6. The van der Waals surface area contributed by atoms with E-state index in [4.69, 9.17) is 0 Å². The second-order valence-corrected chi connectivity index (χ2v) is 6.34. The van der Waals surface area contributed by atoms with Gasteiger partial charge in [0.25, 0.3) is 0 Å². The lowest BCUT2D eigenvalue weighted by atomic mass is 10.1. The fourth-order valence-corrected chi connectivity index (χ4v) is 3.32. The summed E-state index contributed by atoms with van der Waals surface area (Å²) in [5.74, 6) is -0.480. The zero-order valence-corrected chi connectivity index (χ0v) is 13.9. The number of nitrogens with one attached hydrogen (secondary N) is 1. The molecule has 1 aliphatic heterocycles. The second kappa shape index (κ2) is 8.24. The molecule has 1 atom stereocenters. The molecule has 1 aromatic rings. The number of carbonyl (C=O) groups excluding carboxylic acids is 2. The maximum Gasteiger partial charge on any atom is 0.307 e. The highest BCUT2D eigenvalue weighted by Gasteiger charge is 2.32. The van der Waals surface area contributed by atoms with Crippen molar-refractivity contribution < 1.29 is 14.3 Å². The van der Waals surface area contributed by atoms with E-state index in [9.17, 15) is 9.59 Å². The second-order valence-electron chi connectivity index (χ2n) is 5.39. The van der Waals surface area contributed by atoms with Crippen LogP contribution in [0.5, 0.6) is 0 Å². The predicted octanol–water partition coefficient (Wildman–Crippen LogP) is 1.35. The van der Waals surface area contributed by atoms with Gasteiger partial charge in [0.1, 0.15) is 6.04 Å². The molecule has 0 unspecified atom stereocenters. The van der Waals surface area contributed by atoms with E-state index in [1.165, 1.54) is 7.11 Å². The lowest BCUT2D eigenvalue weighted by molar-refractivity contribution is -0.146. The van der Waals surface area contributed by atoms with Gasteiger partial charge in [-0.15, -0.1) is 11.3 Å². The van der Waals surface area contributed by atoms with Crippen LogP contribution in [0.15, 0.2) is 5.38 Å². The number of esters is 1.